The van der Waals surface area contributed by atoms with Crippen molar-refractivity contribution in [3.8, 4) is 0 Å². The Morgan fingerprint density at radius 2 is 1.56 bits per heavy atom. The molecule has 14 nitrogen and oxygen atoms in total. The Hall–Kier alpha value is -2.31. The summed E-state index contributed by atoms with van der Waals surface area (Å²) in [5.41, 5.74) is -6.79. The molecule has 1 aromatic carbocycles. The van der Waals surface area contributed by atoms with Gasteiger partial charge in [-0.2, -0.15) is 26.3 Å². The summed E-state index contributed by atoms with van der Waals surface area (Å²) in [5.74, 6) is -4.03. The van der Waals surface area contributed by atoms with Gasteiger partial charge in [-0.05, 0) is 0 Å². The van der Waals surface area contributed by atoms with E-state index < -0.39 is 92.4 Å². The molecular formula is C18H19F5N2O12P2. The van der Waals surface area contributed by atoms with Crippen molar-refractivity contribution in [3.63, 3.8) is 0 Å². The van der Waals surface area contributed by atoms with Crippen LogP contribution in [0.2, 0.25) is 0 Å². The maximum absolute atomic E-state index is 14.8. The highest BCUT2D eigenvalue weighted by molar-refractivity contribution is 7.60. The Balaban J connectivity index is 2.00. The number of halogens is 5. The van der Waals surface area contributed by atoms with Gasteiger partial charge in [0.15, 0.2) is 6.23 Å². The van der Waals surface area contributed by atoms with Gasteiger partial charge >= 0.3 is 27.5 Å². The molecule has 0 radical (unpaired) electrons. The van der Waals surface area contributed by atoms with Gasteiger partial charge in [-0.25, -0.2) is 13.9 Å². The lowest BCUT2D eigenvalue weighted by atomic mass is 10.1. The molecule has 0 spiro atoms. The van der Waals surface area contributed by atoms with Gasteiger partial charge in [0, 0.05) is 11.8 Å². The molecule has 3 rings (SSSR count). The summed E-state index contributed by atoms with van der Waals surface area (Å²) in [5, 5.41) is 20.4. The van der Waals surface area contributed by atoms with Crippen LogP contribution in [0.5, 0.6) is 0 Å². The molecule has 0 amide bonds. The number of aromatic nitrogens is 2. The van der Waals surface area contributed by atoms with Crippen LogP contribution in [0.1, 0.15) is 17.4 Å². The van der Waals surface area contributed by atoms with Crippen molar-refractivity contribution in [3.05, 3.63) is 68.5 Å². The average Bonchev–Trinajstić information content (AvgIpc) is 3.07. The van der Waals surface area contributed by atoms with Crippen molar-refractivity contribution in [2.24, 2.45) is 0 Å². The third-order valence-corrected chi connectivity index (χ3v) is 7.43. The van der Waals surface area contributed by atoms with E-state index in [0.717, 1.165) is 12.1 Å². The molecule has 0 bridgehead atoms. The molecule has 2 heterocycles. The summed E-state index contributed by atoms with van der Waals surface area (Å²) in [6.45, 7) is -3.13. The Morgan fingerprint density at radius 1 is 0.974 bits per heavy atom. The van der Waals surface area contributed by atoms with Gasteiger partial charge in [0.2, 0.25) is 0 Å². The zero-order valence-electron chi connectivity index (χ0n) is 19.0. The lowest BCUT2D eigenvalue weighted by Crippen LogP contribution is -2.48. The minimum Gasteiger partial charge on any atom is -0.387 e. The number of rotatable bonds is 9. The second-order valence-electron chi connectivity index (χ2n) is 8.07. The van der Waals surface area contributed by atoms with E-state index in [1.54, 1.807) is 0 Å². The maximum Gasteiger partial charge on any atom is 0.481 e. The van der Waals surface area contributed by atoms with Crippen LogP contribution in [0.15, 0.2) is 46.1 Å². The predicted octanol–water partition coefficient (Wildman–Crippen LogP) is 0.666. The molecule has 5 N–H and O–H groups in total. The van der Waals surface area contributed by atoms with E-state index >= 15 is 0 Å². The number of benzene rings is 1. The van der Waals surface area contributed by atoms with E-state index in [2.05, 4.69) is 8.83 Å². The molecule has 21 heteroatoms. The van der Waals surface area contributed by atoms with Crippen molar-refractivity contribution >= 4 is 15.6 Å². The number of hydrogen-bond acceptors (Lipinski definition) is 9. The molecule has 0 saturated carbocycles. The quantitative estimate of drug-likeness (QED) is 0.196. The Morgan fingerprint density at radius 3 is 2.10 bits per heavy atom. The predicted molar refractivity (Wildman–Crippen MR) is 115 cm³/mol. The molecule has 0 aliphatic carbocycles. The molecule has 1 aliphatic heterocycles. The van der Waals surface area contributed by atoms with Gasteiger partial charge in [-0.1, -0.05) is 30.3 Å². The number of phosphoric acid groups is 2. The molecule has 2 aromatic rings. The first kappa shape index (κ1) is 31.2. The second-order valence-corrected chi connectivity index (χ2v) is 10.9. The van der Waals surface area contributed by atoms with Crippen molar-refractivity contribution in [1.82, 2.24) is 9.13 Å². The van der Waals surface area contributed by atoms with E-state index in [4.69, 9.17) is 14.5 Å². The molecule has 1 unspecified atom stereocenters. The van der Waals surface area contributed by atoms with Crippen LogP contribution < -0.4 is 11.2 Å². The fourth-order valence-corrected chi connectivity index (χ4v) is 5.13. The monoisotopic (exact) mass is 612 g/mol. The van der Waals surface area contributed by atoms with Gasteiger partial charge in [-0.15, -0.1) is 0 Å². The Labute approximate surface area is 213 Å². The summed E-state index contributed by atoms with van der Waals surface area (Å²) in [6, 6.07) is 5.52. The number of hydrogen-bond donors (Lipinski definition) is 5. The van der Waals surface area contributed by atoms with Crippen LogP contribution in [-0.4, -0.2) is 58.9 Å². The number of alkyl halides is 5. The molecule has 1 fully saturated rings. The van der Waals surface area contributed by atoms with Gasteiger partial charge in [0.1, 0.15) is 23.9 Å². The molecule has 5 atom stereocenters. The lowest BCUT2D eigenvalue weighted by molar-refractivity contribution is -0.140. The molecular weight excluding hydrogens is 593 g/mol. The second kappa shape index (κ2) is 10.9. The zero-order chi connectivity index (χ0) is 29.6. The summed E-state index contributed by atoms with van der Waals surface area (Å²) in [7, 11) is -11.0. The standard InChI is InChI=1S/C18H19F5N2O12P2/c19-17(20,9-4-2-1-3-5-9)8-25-14(28)10(18(21,22)23)6-24(16(25)29)15-13(27)12(26)11(36-15)7-35-39(33,34)37-38(30,31)32/h1-6,11-13,15,26-27H,7-8H2,(H,33,34)(H2,30,31,32)/t11-,12-,13-,15-/m1/s1. The van der Waals surface area contributed by atoms with Gasteiger partial charge < -0.3 is 29.6 Å². The SMILES string of the molecule is O=c1c(C(F)(F)F)cn([C@@H]2O[C@H](COP(=O)(O)OP(=O)(O)O)[C@@H](O)[C@H]2O)c(=O)n1CC(F)(F)c1ccccc1. The summed E-state index contributed by atoms with van der Waals surface area (Å²) in [6.07, 6.45) is -14.3. The third-order valence-electron chi connectivity index (χ3n) is 5.28. The minimum absolute atomic E-state index is 0.0795. The Kier molecular flexibility index (Phi) is 8.75. The van der Waals surface area contributed by atoms with Crippen molar-refractivity contribution < 1.29 is 69.5 Å². The normalized spacial score (nSPS) is 24.1. The first-order chi connectivity index (χ1) is 17.7. The fourth-order valence-electron chi connectivity index (χ4n) is 3.53. The van der Waals surface area contributed by atoms with Crippen LogP contribution in [-0.2, 0) is 41.3 Å². The van der Waals surface area contributed by atoms with Crippen LogP contribution in [0.3, 0.4) is 0 Å². The van der Waals surface area contributed by atoms with Crippen LogP contribution in [0, 0.1) is 0 Å². The largest absolute Gasteiger partial charge is 0.481 e. The molecule has 1 aliphatic rings. The molecule has 218 valence electrons. The van der Waals surface area contributed by atoms with E-state index in [-0.39, 0.29) is 10.8 Å². The summed E-state index contributed by atoms with van der Waals surface area (Å²) >= 11 is 0. The maximum atomic E-state index is 14.8. The Bertz CT molecular complexity index is 1410. The molecule has 1 aromatic heterocycles. The van der Waals surface area contributed by atoms with Crippen molar-refractivity contribution in [2.45, 2.75) is 43.2 Å². The van der Waals surface area contributed by atoms with E-state index in [9.17, 15) is 55.8 Å². The first-order valence-corrected chi connectivity index (χ1v) is 13.4. The van der Waals surface area contributed by atoms with Gasteiger partial charge in [-0.3, -0.25) is 18.5 Å². The topological polar surface area (TPSA) is 207 Å². The number of ether oxygens (including phenoxy) is 1. The number of aliphatic hydroxyl groups is 2. The first-order valence-electron chi connectivity index (χ1n) is 10.4. The third kappa shape index (κ3) is 7.26. The van der Waals surface area contributed by atoms with Crippen molar-refractivity contribution in [2.75, 3.05) is 6.61 Å². The molecule has 1 saturated heterocycles. The molecule has 39 heavy (non-hydrogen) atoms. The average molecular weight is 612 g/mol. The fraction of sp³-hybridized carbons (Fsp3) is 0.444. The number of phosphoric ester groups is 1. The smallest absolute Gasteiger partial charge is 0.387 e. The highest BCUT2D eigenvalue weighted by atomic mass is 31.3. The van der Waals surface area contributed by atoms with Crippen LogP contribution in [0.25, 0.3) is 0 Å². The number of aliphatic hydroxyl groups excluding tert-OH is 2. The van der Waals surface area contributed by atoms with E-state index in [1.165, 1.54) is 18.2 Å². The highest BCUT2D eigenvalue weighted by Gasteiger charge is 2.47. The van der Waals surface area contributed by atoms with Gasteiger partial charge in [0.05, 0.1) is 13.2 Å². The van der Waals surface area contributed by atoms with Crippen LogP contribution in [0.4, 0.5) is 22.0 Å². The minimum atomic E-state index is -5.55. The summed E-state index contributed by atoms with van der Waals surface area (Å²) in [4.78, 5) is 51.9. The van der Waals surface area contributed by atoms with E-state index in [0.29, 0.717) is 0 Å². The van der Waals surface area contributed by atoms with Crippen LogP contribution >= 0.6 is 15.6 Å². The number of nitrogens with zero attached hydrogens (tertiary/aromatic N) is 2. The van der Waals surface area contributed by atoms with E-state index in [1.807, 2.05) is 0 Å². The highest BCUT2D eigenvalue weighted by Crippen LogP contribution is 2.57. The van der Waals surface area contributed by atoms with Gasteiger partial charge in [0.25, 0.3) is 11.5 Å². The van der Waals surface area contributed by atoms with Crippen molar-refractivity contribution in [1.29, 1.82) is 0 Å². The zero-order valence-corrected chi connectivity index (χ0v) is 20.7. The summed E-state index contributed by atoms with van der Waals surface area (Å²) < 4.78 is 105. The lowest BCUT2D eigenvalue weighted by Gasteiger charge is -2.23.